The Labute approximate surface area is 118 Å². The average molecular weight is 361 g/mol. The summed E-state index contributed by atoms with van der Waals surface area (Å²) >= 11 is 8.12. The average Bonchev–Trinajstić information content (AvgIpc) is 2.68. The Bertz CT molecular complexity index is 565. The molecular formula is C12H10ClIN2O. The molecule has 0 saturated carbocycles. The number of ketones is 1. The van der Waals surface area contributed by atoms with Crippen molar-refractivity contribution in [3.05, 3.63) is 50.3 Å². The van der Waals surface area contributed by atoms with E-state index in [1.807, 2.05) is 19.3 Å². The molecule has 0 amide bonds. The molecule has 0 aliphatic rings. The zero-order valence-corrected chi connectivity index (χ0v) is 12.1. The molecule has 0 spiro atoms. The molecule has 2 aromatic rings. The van der Waals surface area contributed by atoms with Crippen molar-refractivity contribution in [1.82, 2.24) is 9.78 Å². The summed E-state index contributed by atoms with van der Waals surface area (Å²) in [4.78, 5) is 12.0. The van der Waals surface area contributed by atoms with E-state index in [2.05, 4.69) is 27.7 Å². The summed E-state index contributed by atoms with van der Waals surface area (Å²) in [5.41, 5.74) is 1.55. The fourth-order valence-corrected chi connectivity index (χ4v) is 2.04. The van der Waals surface area contributed by atoms with Crippen LogP contribution < -0.4 is 0 Å². The minimum Gasteiger partial charge on any atom is -0.294 e. The second kappa shape index (κ2) is 5.18. The number of carbonyl (C=O) groups is 1. The molecule has 0 aliphatic heterocycles. The van der Waals surface area contributed by atoms with E-state index in [-0.39, 0.29) is 5.78 Å². The third-order valence-corrected chi connectivity index (χ3v) is 3.94. The summed E-state index contributed by atoms with van der Waals surface area (Å²) in [5, 5.41) is 4.65. The molecule has 5 heteroatoms. The van der Waals surface area contributed by atoms with Crippen molar-refractivity contribution in [3.63, 3.8) is 0 Å². The fourth-order valence-electron chi connectivity index (χ4n) is 1.52. The van der Waals surface area contributed by atoms with Crippen LogP contribution in [0.15, 0.2) is 30.6 Å². The molecule has 1 aromatic carbocycles. The Morgan fingerprint density at radius 1 is 1.53 bits per heavy atom. The van der Waals surface area contributed by atoms with Crippen LogP contribution in [-0.2, 0) is 13.5 Å². The van der Waals surface area contributed by atoms with Crippen molar-refractivity contribution in [2.75, 3.05) is 0 Å². The Morgan fingerprint density at radius 3 is 2.88 bits per heavy atom. The number of hydrogen-bond donors (Lipinski definition) is 0. The minimum atomic E-state index is 0.0521. The lowest BCUT2D eigenvalue weighted by Crippen LogP contribution is -2.03. The van der Waals surface area contributed by atoms with Crippen LogP contribution in [0.5, 0.6) is 0 Å². The molecule has 0 aliphatic carbocycles. The van der Waals surface area contributed by atoms with Gasteiger partial charge in [0.15, 0.2) is 5.78 Å². The van der Waals surface area contributed by atoms with Crippen LogP contribution in [0.25, 0.3) is 0 Å². The second-order valence-electron chi connectivity index (χ2n) is 3.75. The number of carbonyl (C=O) groups excluding carboxylic acids is 1. The predicted octanol–water partition coefficient (Wildman–Crippen LogP) is 3.10. The Hall–Kier alpha value is -0.880. The summed E-state index contributed by atoms with van der Waals surface area (Å²) in [6.07, 6.45) is 3.89. The highest BCUT2D eigenvalue weighted by Gasteiger charge is 2.09. The quantitative estimate of drug-likeness (QED) is 0.623. The van der Waals surface area contributed by atoms with Crippen molar-refractivity contribution in [1.29, 1.82) is 0 Å². The van der Waals surface area contributed by atoms with Gasteiger partial charge in [0.05, 0.1) is 11.2 Å². The van der Waals surface area contributed by atoms with Gasteiger partial charge < -0.3 is 0 Å². The molecule has 0 saturated heterocycles. The van der Waals surface area contributed by atoms with E-state index in [1.54, 1.807) is 23.0 Å². The number of nitrogens with zero attached hydrogens (tertiary/aromatic N) is 2. The molecule has 88 valence electrons. The van der Waals surface area contributed by atoms with Gasteiger partial charge >= 0.3 is 0 Å². The van der Waals surface area contributed by atoms with Gasteiger partial charge in [0.25, 0.3) is 0 Å². The summed E-state index contributed by atoms with van der Waals surface area (Å²) in [5.74, 6) is 0.0521. The monoisotopic (exact) mass is 360 g/mol. The van der Waals surface area contributed by atoms with Crippen molar-refractivity contribution < 1.29 is 4.79 Å². The Morgan fingerprint density at radius 2 is 2.29 bits per heavy atom. The fraction of sp³-hybridized carbons (Fsp3) is 0.167. The smallest absolute Gasteiger partial charge is 0.167 e. The molecule has 17 heavy (non-hydrogen) atoms. The van der Waals surface area contributed by atoms with Crippen LogP contribution in [0.2, 0.25) is 5.02 Å². The van der Waals surface area contributed by atoms with Gasteiger partial charge in [-0.15, -0.1) is 0 Å². The number of benzene rings is 1. The van der Waals surface area contributed by atoms with Crippen molar-refractivity contribution in [3.8, 4) is 0 Å². The molecule has 0 N–H and O–H groups in total. The third kappa shape index (κ3) is 3.07. The SMILES string of the molecule is Cn1cc(CC(=O)c2ccc(I)c(Cl)c2)cn1. The van der Waals surface area contributed by atoms with Crippen molar-refractivity contribution in [2.24, 2.45) is 7.05 Å². The number of rotatable bonds is 3. The standard InChI is InChI=1S/C12H10ClIN2O/c1-16-7-8(6-15-16)4-12(17)9-2-3-11(14)10(13)5-9/h2-3,5-7H,4H2,1H3. The van der Waals surface area contributed by atoms with Gasteiger partial charge in [-0.2, -0.15) is 5.10 Å². The number of aryl methyl sites for hydroxylation is 1. The first-order valence-electron chi connectivity index (χ1n) is 5.02. The van der Waals surface area contributed by atoms with Crippen LogP contribution in [0, 0.1) is 3.57 Å². The lowest BCUT2D eigenvalue weighted by molar-refractivity contribution is 0.0993. The van der Waals surface area contributed by atoms with Gasteiger partial charge in [-0.05, 0) is 40.3 Å². The molecule has 0 bridgehead atoms. The number of hydrogen-bond acceptors (Lipinski definition) is 2. The molecular weight excluding hydrogens is 351 g/mol. The van der Waals surface area contributed by atoms with E-state index in [0.717, 1.165) is 9.13 Å². The Kier molecular flexibility index (Phi) is 3.83. The first kappa shape index (κ1) is 12.6. The zero-order valence-electron chi connectivity index (χ0n) is 9.15. The topological polar surface area (TPSA) is 34.9 Å². The molecule has 1 aromatic heterocycles. The normalized spacial score (nSPS) is 10.5. The summed E-state index contributed by atoms with van der Waals surface area (Å²) in [6.45, 7) is 0. The van der Waals surface area contributed by atoms with Gasteiger partial charge in [-0.1, -0.05) is 17.7 Å². The summed E-state index contributed by atoms with van der Waals surface area (Å²) in [6, 6.07) is 5.35. The van der Waals surface area contributed by atoms with Crippen LogP contribution in [0.3, 0.4) is 0 Å². The number of aromatic nitrogens is 2. The molecule has 1 heterocycles. The maximum atomic E-state index is 12.0. The lowest BCUT2D eigenvalue weighted by atomic mass is 10.1. The van der Waals surface area contributed by atoms with Crippen molar-refractivity contribution >= 4 is 40.0 Å². The molecule has 0 atom stereocenters. The maximum Gasteiger partial charge on any atom is 0.167 e. The Balaban J connectivity index is 2.17. The third-order valence-electron chi connectivity index (χ3n) is 2.36. The summed E-state index contributed by atoms with van der Waals surface area (Å²) < 4.78 is 2.63. The van der Waals surface area contributed by atoms with Gasteiger partial charge in [-0.3, -0.25) is 9.48 Å². The van der Waals surface area contributed by atoms with Gasteiger partial charge in [0.2, 0.25) is 0 Å². The second-order valence-corrected chi connectivity index (χ2v) is 5.32. The molecule has 0 radical (unpaired) electrons. The van der Waals surface area contributed by atoms with E-state index in [9.17, 15) is 4.79 Å². The van der Waals surface area contributed by atoms with Gasteiger partial charge in [0, 0.05) is 28.8 Å². The molecule has 0 unspecified atom stereocenters. The lowest BCUT2D eigenvalue weighted by Gasteiger charge is -2.01. The number of Topliss-reactive ketones (excluding diaryl/α,β-unsaturated/α-hetero) is 1. The summed E-state index contributed by atoms with van der Waals surface area (Å²) in [7, 11) is 1.83. The van der Waals surface area contributed by atoms with Crippen LogP contribution in [-0.4, -0.2) is 15.6 Å². The predicted molar refractivity (Wildman–Crippen MR) is 75.4 cm³/mol. The first-order valence-corrected chi connectivity index (χ1v) is 6.47. The number of halogens is 2. The van der Waals surface area contributed by atoms with Crippen LogP contribution in [0.1, 0.15) is 15.9 Å². The highest BCUT2D eigenvalue weighted by molar-refractivity contribution is 14.1. The molecule has 2 rings (SSSR count). The van der Waals surface area contributed by atoms with E-state index >= 15 is 0 Å². The highest BCUT2D eigenvalue weighted by atomic mass is 127. The highest BCUT2D eigenvalue weighted by Crippen LogP contribution is 2.20. The van der Waals surface area contributed by atoms with E-state index in [0.29, 0.717) is 17.0 Å². The van der Waals surface area contributed by atoms with Crippen molar-refractivity contribution in [2.45, 2.75) is 6.42 Å². The van der Waals surface area contributed by atoms with E-state index in [4.69, 9.17) is 11.6 Å². The minimum absolute atomic E-state index is 0.0521. The van der Waals surface area contributed by atoms with Gasteiger partial charge in [0.1, 0.15) is 0 Å². The zero-order chi connectivity index (χ0) is 12.4. The van der Waals surface area contributed by atoms with Crippen LogP contribution in [0.4, 0.5) is 0 Å². The molecule has 0 fully saturated rings. The maximum absolute atomic E-state index is 12.0. The molecule has 3 nitrogen and oxygen atoms in total. The van der Waals surface area contributed by atoms with Gasteiger partial charge in [-0.25, -0.2) is 0 Å². The largest absolute Gasteiger partial charge is 0.294 e. The van der Waals surface area contributed by atoms with E-state index < -0.39 is 0 Å². The van der Waals surface area contributed by atoms with E-state index in [1.165, 1.54) is 0 Å². The first-order chi connectivity index (χ1) is 8.06. The van der Waals surface area contributed by atoms with Crippen LogP contribution >= 0.6 is 34.2 Å².